The number of pyridine rings is 1. The molecule has 26 heavy (non-hydrogen) atoms. The van der Waals surface area contributed by atoms with Crippen LogP contribution in [-0.4, -0.2) is 48.4 Å². The second-order valence-electron chi connectivity index (χ2n) is 8.26. The molecule has 2 aromatic rings. The summed E-state index contributed by atoms with van der Waals surface area (Å²) in [4.78, 5) is 17.3. The maximum atomic E-state index is 13.5. The van der Waals surface area contributed by atoms with Crippen LogP contribution in [0.2, 0.25) is 25.7 Å². The zero-order valence-corrected chi connectivity index (χ0v) is 18.2. The molecule has 8 heteroatoms. The molecule has 1 atom stereocenters. The van der Waals surface area contributed by atoms with E-state index in [1.807, 2.05) is 10.6 Å². The molecule has 3 heterocycles. The fourth-order valence-corrected chi connectivity index (χ4v) is 4.45. The molecule has 0 aliphatic carbocycles. The molecule has 1 saturated heterocycles. The molecule has 0 unspecified atom stereocenters. The fourth-order valence-electron chi connectivity index (χ4n) is 3.27. The van der Waals surface area contributed by atoms with Gasteiger partial charge in [0.2, 0.25) is 0 Å². The van der Waals surface area contributed by atoms with Gasteiger partial charge in [-0.05, 0) is 34.5 Å². The first-order valence-electron chi connectivity index (χ1n) is 9.08. The Morgan fingerprint density at radius 1 is 1.42 bits per heavy atom. The van der Waals surface area contributed by atoms with Crippen molar-refractivity contribution in [2.75, 3.05) is 19.7 Å². The van der Waals surface area contributed by atoms with Crippen LogP contribution < -0.4 is 5.56 Å². The lowest BCUT2D eigenvalue weighted by molar-refractivity contribution is 0.0867. The summed E-state index contributed by atoms with van der Waals surface area (Å²) in [6.45, 7) is 9.80. The standard InChI is InChI=1S/C18H27BrFN3O2Si/c1-26(2,3)7-6-25-12-23-14(11-22-5-4-13(20)10-22)8-15-16(19)9-21-18(24)17(15)23/h8-9,13H,4-7,10-12H2,1-3H3,(H,21,24)/t13-/m0/s1. The smallest absolute Gasteiger partial charge is 0.272 e. The third kappa shape index (κ3) is 4.65. The minimum atomic E-state index is -1.16. The van der Waals surface area contributed by atoms with Gasteiger partial charge in [0, 0.05) is 56.1 Å². The van der Waals surface area contributed by atoms with Crippen LogP contribution in [0.4, 0.5) is 4.39 Å². The number of rotatable bonds is 7. The highest BCUT2D eigenvalue weighted by Crippen LogP contribution is 2.26. The van der Waals surface area contributed by atoms with E-state index in [1.54, 1.807) is 6.20 Å². The van der Waals surface area contributed by atoms with Crippen molar-refractivity contribution >= 4 is 34.9 Å². The number of aromatic nitrogens is 2. The number of ether oxygens (including phenoxy) is 1. The molecule has 1 aliphatic heterocycles. The van der Waals surface area contributed by atoms with Gasteiger partial charge in [0.05, 0.1) is 0 Å². The Labute approximate surface area is 162 Å². The highest BCUT2D eigenvalue weighted by atomic mass is 79.9. The molecule has 5 nitrogen and oxygen atoms in total. The largest absolute Gasteiger partial charge is 0.361 e. The normalized spacial score (nSPS) is 18.9. The summed E-state index contributed by atoms with van der Waals surface area (Å²) >= 11 is 3.52. The van der Waals surface area contributed by atoms with Crippen molar-refractivity contribution in [2.45, 2.75) is 51.6 Å². The van der Waals surface area contributed by atoms with Gasteiger partial charge < -0.3 is 14.3 Å². The molecule has 0 radical (unpaired) electrons. The van der Waals surface area contributed by atoms with Crippen molar-refractivity contribution in [1.29, 1.82) is 0 Å². The summed E-state index contributed by atoms with van der Waals surface area (Å²) in [6, 6.07) is 3.10. The molecular formula is C18H27BrFN3O2Si. The number of nitrogens with zero attached hydrogens (tertiary/aromatic N) is 2. The Bertz CT molecular complexity index is 830. The van der Waals surface area contributed by atoms with Crippen LogP contribution in [0.25, 0.3) is 10.9 Å². The van der Waals surface area contributed by atoms with Gasteiger partial charge in [-0.1, -0.05) is 19.6 Å². The number of H-pyrrole nitrogens is 1. The van der Waals surface area contributed by atoms with Crippen LogP contribution in [-0.2, 0) is 18.0 Å². The summed E-state index contributed by atoms with van der Waals surface area (Å²) in [6.07, 6.45) is 1.49. The molecule has 0 saturated carbocycles. The SMILES string of the molecule is C[Si](C)(C)CCOCn1c(CN2CC[C@H](F)C2)cc2c(Br)c[nH]c(=O)c21. The molecule has 1 fully saturated rings. The Hall–Kier alpha value is -0.963. The van der Waals surface area contributed by atoms with E-state index in [0.29, 0.717) is 38.4 Å². The van der Waals surface area contributed by atoms with Crippen molar-refractivity contribution in [3.8, 4) is 0 Å². The summed E-state index contributed by atoms with van der Waals surface area (Å²) in [5, 5.41) is 0.869. The highest BCUT2D eigenvalue weighted by molar-refractivity contribution is 9.10. The van der Waals surface area contributed by atoms with E-state index in [4.69, 9.17) is 4.74 Å². The maximum absolute atomic E-state index is 13.5. The Morgan fingerprint density at radius 3 is 2.85 bits per heavy atom. The lowest BCUT2D eigenvalue weighted by Gasteiger charge is -2.19. The molecule has 1 aliphatic rings. The Kier molecular flexibility index (Phi) is 6.06. The predicted molar refractivity (Wildman–Crippen MR) is 109 cm³/mol. The van der Waals surface area contributed by atoms with Gasteiger partial charge in [0.25, 0.3) is 5.56 Å². The number of aromatic amines is 1. The molecule has 0 amide bonds. The summed E-state index contributed by atoms with van der Waals surface area (Å²) < 4.78 is 22.2. The third-order valence-electron chi connectivity index (χ3n) is 4.80. The van der Waals surface area contributed by atoms with Gasteiger partial charge in [-0.3, -0.25) is 9.69 Å². The van der Waals surface area contributed by atoms with Gasteiger partial charge in [-0.15, -0.1) is 0 Å². The summed E-state index contributed by atoms with van der Waals surface area (Å²) in [5.41, 5.74) is 1.46. The minimum Gasteiger partial charge on any atom is -0.361 e. The van der Waals surface area contributed by atoms with Crippen molar-refractivity contribution in [2.24, 2.45) is 0 Å². The molecule has 3 rings (SSSR count). The first-order valence-corrected chi connectivity index (χ1v) is 13.6. The van der Waals surface area contributed by atoms with Crippen LogP contribution in [0, 0.1) is 0 Å². The second kappa shape index (κ2) is 7.96. The van der Waals surface area contributed by atoms with E-state index in [1.165, 1.54) is 0 Å². The zero-order valence-electron chi connectivity index (χ0n) is 15.6. The topological polar surface area (TPSA) is 50.3 Å². The zero-order chi connectivity index (χ0) is 18.9. The lowest BCUT2D eigenvalue weighted by atomic mass is 10.3. The number of nitrogens with one attached hydrogen (secondary N) is 1. The fraction of sp³-hybridized carbons (Fsp3) is 0.611. The molecular weight excluding hydrogens is 417 g/mol. The van der Waals surface area contributed by atoms with Gasteiger partial charge in [0.1, 0.15) is 18.4 Å². The number of halogens is 2. The highest BCUT2D eigenvalue weighted by Gasteiger charge is 2.24. The van der Waals surface area contributed by atoms with Gasteiger partial charge in [0.15, 0.2) is 0 Å². The average Bonchev–Trinajstić information content (AvgIpc) is 3.12. The van der Waals surface area contributed by atoms with Crippen molar-refractivity contribution in [3.63, 3.8) is 0 Å². The lowest BCUT2D eigenvalue weighted by Crippen LogP contribution is -2.24. The Morgan fingerprint density at radius 2 is 2.19 bits per heavy atom. The summed E-state index contributed by atoms with van der Waals surface area (Å²) in [7, 11) is -1.16. The molecule has 0 aromatic carbocycles. The van der Waals surface area contributed by atoms with Crippen LogP contribution in [0.15, 0.2) is 21.5 Å². The van der Waals surface area contributed by atoms with E-state index in [-0.39, 0.29) is 5.56 Å². The van der Waals surface area contributed by atoms with Crippen LogP contribution in [0.5, 0.6) is 0 Å². The van der Waals surface area contributed by atoms with Crippen molar-refractivity contribution in [1.82, 2.24) is 14.5 Å². The van der Waals surface area contributed by atoms with Crippen molar-refractivity contribution in [3.05, 3.63) is 32.8 Å². The number of fused-ring (bicyclic) bond motifs is 1. The number of likely N-dealkylation sites (tertiary alicyclic amines) is 1. The monoisotopic (exact) mass is 443 g/mol. The first-order chi connectivity index (χ1) is 12.2. The average molecular weight is 444 g/mol. The van der Waals surface area contributed by atoms with Crippen LogP contribution >= 0.6 is 15.9 Å². The molecule has 144 valence electrons. The van der Waals surface area contributed by atoms with Crippen LogP contribution in [0.1, 0.15) is 12.1 Å². The maximum Gasteiger partial charge on any atom is 0.272 e. The number of hydrogen-bond acceptors (Lipinski definition) is 3. The van der Waals surface area contributed by atoms with E-state index in [0.717, 1.165) is 28.1 Å². The van der Waals surface area contributed by atoms with E-state index in [9.17, 15) is 9.18 Å². The second-order valence-corrected chi connectivity index (χ2v) is 14.7. The van der Waals surface area contributed by atoms with E-state index >= 15 is 0 Å². The third-order valence-corrected chi connectivity index (χ3v) is 7.16. The Balaban J connectivity index is 1.86. The predicted octanol–water partition coefficient (Wildman–Crippen LogP) is 3.95. The molecule has 0 bridgehead atoms. The quantitative estimate of drug-likeness (QED) is 0.520. The van der Waals surface area contributed by atoms with Crippen molar-refractivity contribution < 1.29 is 9.13 Å². The van der Waals surface area contributed by atoms with Gasteiger partial charge >= 0.3 is 0 Å². The number of alkyl halides is 1. The molecule has 0 spiro atoms. The van der Waals surface area contributed by atoms with Gasteiger partial charge in [-0.25, -0.2) is 4.39 Å². The molecule has 2 aromatic heterocycles. The minimum absolute atomic E-state index is 0.131. The molecule has 1 N–H and O–H groups in total. The summed E-state index contributed by atoms with van der Waals surface area (Å²) in [5.74, 6) is 0. The number of hydrogen-bond donors (Lipinski definition) is 1. The van der Waals surface area contributed by atoms with Crippen LogP contribution in [0.3, 0.4) is 0 Å². The van der Waals surface area contributed by atoms with E-state index < -0.39 is 14.2 Å². The first kappa shape index (κ1) is 19.8. The van der Waals surface area contributed by atoms with Gasteiger partial charge in [-0.2, -0.15) is 0 Å². The van der Waals surface area contributed by atoms with E-state index in [2.05, 4.69) is 45.5 Å².